The van der Waals surface area contributed by atoms with Crippen LogP contribution < -0.4 is 5.32 Å². The zero-order valence-electron chi connectivity index (χ0n) is 13.8. The molecular weight excluding hydrogens is 346 g/mol. The number of hydrogen-bond acceptors (Lipinski definition) is 3. The standard InChI is InChI=1S/C18H20ClNO3S/c1-12-8-9-17(13(2)10-12)20-18(21)14(3)24(22,23)11-15-6-4-5-7-16(15)19/h4-10,14H,11H2,1-3H3,(H,20,21). The Kier molecular flexibility index (Phi) is 5.67. The van der Waals surface area contributed by atoms with Gasteiger partial charge >= 0.3 is 0 Å². The first kappa shape index (κ1) is 18.5. The molecule has 24 heavy (non-hydrogen) atoms. The maximum atomic E-state index is 12.5. The lowest BCUT2D eigenvalue weighted by Gasteiger charge is -2.15. The highest BCUT2D eigenvalue weighted by molar-refractivity contribution is 7.92. The van der Waals surface area contributed by atoms with Gasteiger partial charge in [0.15, 0.2) is 9.84 Å². The average molecular weight is 366 g/mol. The summed E-state index contributed by atoms with van der Waals surface area (Å²) in [5.41, 5.74) is 3.07. The summed E-state index contributed by atoms with van der Waals surface area (Å²) in [6.07, 6.45) is 0. The number of anilines is 1. The van der Waals surface area contributed by atoms with Gasteiger partial charge in [0.2, 0.25) is 5.91 Å². The second-order valence-corrected chi connectivity index (χ2v) is 8.58. The van der Waals surface area contributed by atoms with Gasteiger partial charge in [0, 0.05) is 10.7 Å². The van der Waals surface area contributed by atoms with Crippen LogP contribution in [0.15, 0.2) is 42.5 Å². The molecule has 0 aliphatic heterocycles. The molecule has 0 saturated heterocycles. The van der Waals surface area contributed by atoms with Crippen LogP contribution >= 0.6 is 11.6 Å². The van der Waals surface area contributed by atoms with Gasteiger partial charge in [-0.1, -0.05) is 47.5 Å². The van der Waals surface area contributed by atoms with Gasteiger partial charge in [0.1, 0.15) is 5.25 Å². The third-order valence-corrected chi connectivity index (χ3v) is 6.24. The molecule has 2 rings (SSSR count). The first-order chi connectivity index (χ1) is 11.2. The fourth-order valence-corrected chi connectivity index (χ4v) is 3.91. The lowest BCUT2D eigenvalue weighted by molar-refractivity contribution is -0.115. The fraction of sp³-hybridized carbons (Fsp3) is 0.278. The van der Waals surface area contributed by atoms with E-state index in [1.54, 1.807) is 30.3 Å². The molecule has 0 saturated carbocycles. The molecule has 1 N–H and O–H groups in total. The summed E-state index contributed by atoms with van der Waals surface area (Å²) >= 11 is 6.01. The van der Waals surface area contributed by atoms with E-state index < -0.39 is 21.0 Å². The quantitative estimate of drug-likeness (QED) is 0.874. The lowest BCUT2D eigenvalue weighted by Crippen LogP contribution is -2.33. The molecule has 0 bridgehead atoms. The first-order valence-corrected chi connectivity index (χ1v) is 9.63. The predicted octanol–water partition coefficient (Wildman–Crippen LogP) is 3.90. The van der Waals surface area contributed by atoms with E-state index in [4.69, 9.17) is 11.6 Å². The van der Waals surface area contributed by atoms with E-state index >= 15 is 0 Å². The van der Waals surface area contributed by atoms with Crippen molar-refractivity contribution in [2.45, 2.75) is 31.8 Å². The minimum atomic E-state index is -3.67. The molecule has 2 aromatic carbocycles. The van der Waals surface area contributed by atoms with Gasteiger partial charge in [-0.15, -0.1) is 0 Å². The van der Waals surface area contributed by atoms with Crippen molar-refractivity contribution >= 4 is 33.0 Å². The number of aryl methyl sites for hydroxylation is 2. The van der Waals surface area contributed by atoms with Gasteiger partial charge in [-0.2, -0.15) is 0 Å². The van der Waals surface area contributed by atoms with Crippen molar-refractivity contribution < 1.29 is 13.2 Å². The van der Waals surface area contributed by atoms with Gasteiger partial charge in [-0.25, -0.2) is 8.42 Å². The number of halogens is 1. The monoisotopic (exact) mass is 365 g/mol. The Balaban J connectivity index is 2.15. The number of hydrogen-bond donors (Lipinski definition) is 1. The SMILES string of the molecule is Cc1ccc(NC(=O)C(C)S(=O)(=O)Cc2ccccc2Cl)c(C)c1. The normalized spacial score (nSPS) is 12.7. The summed E-state index contributed by atoms with van der Waals surface area (Å²) in [7, 11) is -3.67. The van der Waals surface area contributed by atoms with Crippen molar-refractivity contribution in [1.82, 2.24) is 0 Å². The summed E-state index contributed by atoms with van der Waals surface area (Å²) < 4.78 is 25.0. The minimum absolute atomic E-state index is 0.270. The maximum absolute atomic E-state index is 12.5. The van der Waals surface area contributed by atoms with Crippen LogP contribution in [-0.2, 0) is 20.4 Å². The first-order valence-electron chi connectivity index (χ1n) is 7.54. The van der Waals surface area contributed by atoms with Crippen LogP contribution in [0.3, 0.4) is 0 Å². The highest BCUT2D eigenvalue weighted by Gasteiger charge is 2.29. The summed E-state index contributed by atoms with van der Waals surface area (Å²) in [6, 6.07) is 12.3. The number of sulfone groups is 1. The van der Waals surface area contributed by atoms with E-state index in [0.29, 0.717) is 16.3 Å². The molecular formula is C18H20ClNO3S. The molecule has 6 heteroatoms. The molecule has 0 aliphatic carbocycles. The van der Waals surface area contributed by atoms with E-state index in [1.807, 2.05) is 26.0 Å². The molecule has 4 nitrogen and oxygen atoms in total. The van der Waals surface area contributed by atoms with E-state index in [9.17, 15) is 13.2 Å². The van der Waals surface area contributed by atoms with Crippen LogP contribution in [0.1, 0.15) is 23.6 Å². The Bertz CT molecular complexity index is 862. The van der Waals surface area contributed by atoms with Crippen LogP contribution in [0.25, 0.3) is 0 Å². The van der Waals surface area contributed by atoms with E-state index in [2.05, 4.69) is 5.32 Å². The molecule has 128 valence electrons. The maximum Gasteiger partial charge on any atom is 0.242 e. The molecule has 0 radical (unpaired) electrons. The molecule has 1 atom stereocenters. The highest BCUT2D eigenvalue weighted by Crippen LogP contribution is 2.21. The van der Waals surface area contributed by atoms with Crippen LogP contribution in [-0.4, -0.2) is 19.6 Å². The van der Waals surface area contributed by atoms with Gasteiger partial charge in [-0.05, 0) is 44.0 Å². The molecule has 0 aliphatic rings. The van der Waals surface area contributed by atoms with Crippen molar-refractivity contribution in [3.63, 3.8) is 0 Å². The second-order valence-electron chi connectivity index (χ2n) is 5.85. The second kappa shape index (κ2) is 7.36. The van der Waals surface area contributed by atoms with Crippen LogP contribution in [0.2, 0.25) is 5.02 Å². The van der Waals surface area contributed by atoms with E-state index in [-0.39, 0.29) is 5.75 Å². The minimum Gasteiger partial charge on any atom is -0.325 e. The predicted molar refractivity (Wildman–Crippen MR) is 98.1 cm³/mol. The van der Waals surface area contributed by atoms with Crippen molar-refractivity contribution in [2.75, 3.05) is 5.32 Å². The van der Waals surface area contributed by atoms with Gasteiger partial charge < -0.3 is 5.32 Å². The molecule has 2 aromatic rings. The number of carbonyl (C=O) groups excluding carboxylic acids is 1. The Morgan fingerprint density at radius 1 is 1.17 bits per heavy atom. The van der Waals surface area contributed by atoms with E-state index in [1.165, 1.54) is 6.92 Å². The summed E-state index contributed by atoms with van der Waals surface area (Å²) in [6.45, 7) is 5.21. The van der Waals surface area contributed by atoms with Crippen LogP contribution in [0.5, 0.6) is 0 Å². The Morgan fingerprint density at radius 3 is 2.46 bits per heavy atom. The van der Waals surface area contributed by atoms with Gasteiger partial charge in [0.05, 0.1) is 5.75 Å². The van der Waals surface area contributed by atoms with E-state index in [0.717, 1.165) is 11.1 Å². The number of nitrogens with one attached hydrogen (secondary N) is 1. The number of carbonyl (C=O) groups is 1. The van der Waals surface area contributed by atoms with Crippen molar-refractivity contribution in [3.8, 4) is 0 Å². The lowest BCUT2D eigenvalue weighted by atomic mass is 10.1. The third-order valence-electron chi connectivity index (χ3n) is 3.86. The van der Waals surface area contributed by atoms with Crippen molar-refractivity contribution in [1.29, 1.82) is 0 Å². The number of rotatable bonds is 5. The smallest absolute Gasteiger partial charge is 0.242 e. The molecule has 0 fully saturated rings. The number of amides is 1. The Hall–Kier alpha value is -1.85. The summed E-state index contributed by atoms with van der Waals surface area (Å²) in [5.74, 6) is -0.817. The number of benzene rings is 2. The molecule has 0 heterocycles. The third kappa shape index (κ3) is 4.36. The highest BCUT2D eigenvalue weighted by atomic mass is 35.5. The van der Waals surface area contributed by atoms with Crippen LogP contribution in [0.4, 0.5) is 5.69 Å². The molecule has 1 amide bonds. The van der Waals surface area contributed by atoms with Gasteiger partial charge in [-0.3, -0.25) is 4.79 Å². The largest absolute Gasteiger partial charge is 0.325 e. The topological polar surface area (TPSA) is 63.2 Å². The Morgan fingerprint density at radius 2 is 1.83 bits per heavy atom. The molecule has 0 aromatic heterocycles. The summed E-state index contributed by atoms with van der Waals surface area (Å²) in [4.78, 5) is 12.3. The van der Waals surface area contributed by atoms with Crippen LogP contribution in [0, 0.1) is 13.8 Å². The fourth-order valence-electron chi connectivity index (χ4n) is 2.31. The van der Waals surface area contributed by atoms with Gasteiger partial charge in [0.25, 0.3) is 0 Å². The summed E-state index contributed by atoms with van der Waals surface area (Å²) in [5, 5.41) is 1.90. The van der Waals surface area contributed by atoms with Crippen molar-refractivity contribution in [2.24, 2.45) is 0 Å². The average Bonchev–Trinajstić information content (AvgIpc) is 2.51. The Labute approximate surface area is 147 Å². The molecule has 1 unspecified atom stereocenters. The zero-order valence-corrected chi connectivity index (χ0v) is 15.4. The molecule has 0 spiro atoms. The van der Waals surface area contributed by atoms with Crippen molar-refractivity contribution in [3.05, 3.63) is 64.2 Å². The zero-order chi connectivity index (χ0) is 17.9.